The molecule has 0 bridgehead atoms. The highest BCUT2D eigenvalue weighted by molar-refractivity contribution is 5.97. The number of alkyl halides is 3. The van der Waals surface area contributed by atoms with Crippen LogP contribution in [0.3, 0.4) is 0 Å². The number of ether oxygens (including phenoxy) is 1. The molecule has 2 aromatic rings. The summed E-state index contributed by atoms with van der Waals surface area (Å²) in [5, 5.41) is 13.0. The molecule has 37 heavy (non-hydrogen) atoms. The Morgan fingerprint density at radius 2 is 1.84 bits per heavy atom. The number of nitrogens with one attached hydrogen (secondary N) is 1. The summed E-state index contributed by atoms with van der Waals surface area (Å²) in [7, 11) is 0. The van der Waals surface area contributed by atoms with Crippen molar-refractivity contribution in [3.05, 3.63) is 59.7 Å². The topological polar surface area (TPSA) is 78.9 Å². The third kappa shape index (κ3) is 4.64. The molecule has 2 amide bonds. The molecule has 5 rings (SSSR count). The van der Waals surface area contributed by atoms with Gasteiger partial charge in [-0.25, -0.2) is 0 Å². The van der Waals surface area contributed by atoms with Crippen molar-refractivity contribution in [1.82, 2.24) is 10.2 Å². The molecule has 1 heterocycles. The quantitative estimate of drug-likeness (QED) is 0.539. The standard InChI is InChI=1S/C28H31F3N2O4/c29-28(30,31)27(12-5-13-27)25(36)32-17-26-11-4-8-20(26)15-33(18-26)24(35)22-14-21(9-10-23(22)34)37-16-19-6-2-1-3-7-19/h1-3,6-7,9-10,14,20,34H,4-5,8,11-13,15-18H2,(H,32,36)/t20-,26-/m0/s1. The average molecular weight is 517 g/mol. The molecule has 1 aliphatic heterocycles. The van der Waals surface area contributed by atoms with Gasteiger partial charge in [0.15, 0.2) is 0 Å². The first-order valence-electron chi connectivity index (χ1n) is 12.8. The zero-order chi connectivity index (χ0) is 26.3. The minimum atomic E-state index is -4.56. The van der Waals surface area contributed by atoms with Crippen LogP contribution < -0.4 is 10.1 Å². The number of fused-ring (bicyclic) bond motifs is 1. The van der Waals surface area contributed by atoms with Crippen LogP contribution in [-0.2, 0) is 11.4 Å². The van der Waals surface area contributed by atoms with Gasteiger partial charge in [-0.2, -0.15) is 13.2 Å². The summed E-state index contributed by atoms with van der Waals surface area (Å²) in [6.45, 7) is 1.19. The lowest BCUT2D eigenvalue weighted by atomic mass is 9.67. The Bertz CT molecular complexity index is 1170. The third-order valence-electron chi connectivity index (χ3n) is 8.56. The van der Waals surface area contributed by atoms with Crippen molar-refractivity contribution in [3.8, 4) is 11.5 Å². The van der Waals surface area contributed by atoms with Crippen LogP contribution in [-0.4, -0.2) is 47.6 Å². The fourth-order valence-corrected chi connectivity index (χ4v) is 6.14. The molecule has 6 nitrogen and oxygen atoms in total. The molecule has 198 valence electrons. The lowest BCUT2D eigenvalue weighted by molar-refractivity contribution is -0.243. The second kappa shape index (κ2) is 9.58. The Hall–Kier alpha value is -3.23. The van der Waals surface area contributed by atoms with Crippen molar-refractivity contribution >= 4 is 11.8 Å². The van der Waals surface area contributed by atoms with Crippen molar-refractivity contribution in [2.24, 2.45) is 16.7 Å². The number of carbonyl (C=O) groups excluding carboxylic acids is 2. The van der Waals surface area contributed by atoms with Crippen molar-refractivity contribution in [2.75, 3.05) is 19.6 Å². The zero-order valence-corrected chi connectivity index (χ0v) is 20.5. The molecule has 2 atom stereocenters. The smallest absolute Gasteiger partial charge is 0.403 e. The van der Waals surface area contributed by atoms with E-state index in [1.54, 1.807) is 11.0 Å². The number of hydrogen-bond acceptors (Lipinski definition) is 4. The molecule has 9 heteroatoms. The van der Waals surface area contributed by atoms with Crippen LogP contribution in [0.2, 0.25) is 0 Å². The fourth-order valence-electron chi connectivity index (χ4n) is 6.14. The summed E-state index contributed by atoms with van der Waals surface area (Å²) in [6.07, 6.45) is -2.05. The number of carbonyl (C=O) groups is 2. The third-order valence-corrected chi connectivity index (χ3v) is 8.56. The summed E-state index contributed by atoms with van der Waals surface area (Å²) in [4.78, 5) is 27.7. The number of phenols is 1. The lowest BCUT2D eigenvalue weighted by Crippen LogP contribution is -2.56. The molecule has 2 saturated carbocycles. The van der Waals surface area contributed by atoms with Gasteiger partial charge in [0.1, 0.15) is 23.5 Å². The second-order valence-corrected chi connectivity index (χ2v) is 10.7. The lowest BCUT2D eigenvalue weighted by Gasteiger charge is -2.42. The van der Waals surface area contributed by atoms with E-state index in [0.29, 0.717) is 31.9 Å². The number of aromatic hydroxyl groups is 1. The van der Waals surface area contributed by atoms with E-state index in [-0.39, 0.29) is 42.5 Å². The van der Waals surface area contributed by atoms with Crippen molar-refractivity contribution in [2.45, 2.75) is 51.3 Å². The van der Waals surface area contributed by atoms with Gasteiger partial charge in [-0.15, -0.1) is 0 Å². The molecule has 0 radical (unpaired) electrons. The van der Waals surface area contributed by atoms with Crippen LogP contribution in [0.5, 0.6) is 11.5 Å². The van der Waals surface area contributed by atoms with Crippen LogP contribution in [0, 0.1) is 16.7 Å². The van der Waals surface area contributed by atoms with Gasteiger partial charge in [0.2, 0.25) is 5.91 Å². The molecule has 1 saturated heterocycles. The maximum atomic E-state index is 13.6. The van der Waals surface area contributed by atoms with E-state index in [4.69, 9.17) is 4.74 Å². The van der Waals surface area contributed by atoms with E-state index in [9.17, 15) is 27.9 Å². The maximum Gasteiger partial charge on any atom is 0.403 e. The van der Waals surface area contributed by atoms with Crippen molar-refractivity contribution < 1.29 is 32.6 Å². The van der Waals surface area contributed by atoms with E-state index < -0.39 is 22.9 Å². The summed E-state index contributed by atoms with van der Waals surface area (Å²) < 4.78 is 46.6. The van der Waals surface area contributed by atoms with Crippen LogP contribution in [0.25, 0.3) is 0 Å². The fraction of sp³-hybridized carbons (Fsp3) is 0.500. The van der Waals surface area contributed by atoms with Gasteiger partial charge in [-0.3, -0.25) is 9.59 Å². The van der Waals surface area contributed by atoms with Crippen LogP contribution in [0.15, 0.2) is 48.5 Å². The molecule has 0 aromatic heterocycles. The van der Waals surface area contributed by atoms with Crippen LogP contribution in [0.1, 0.15) is 54.4 Å². The Labute approximate surface area is 213 Å². The zero-order valence-electron chi connectivity index (χ0n) is 20.5. The summed E-state index contributed by atoms with van der Waals surface area (Å²) in [6, 6.07) is 14.1. The Kier molecular flexibility index (Phi) is 6.58. The van der Waals surface area contributed by atoms with Gasteiger partial charge in [-0.05, 0) is 55.4 Å². The van der Waals surface area contributed by atoms with E-state index in [0.717, 1.165) is 24.8 Å². The summed E-state index contributed by atoms with van der Waals surface area (Å²) >= 11 is 0. The Morgan fingerprint density at radius 3 is 2.51 bits per heavy atom. The highest BCUT2D eigenvalue weighted by Gasteiger charge is 2.63. The largest absolute Gasteiger partial charge is 0.507 e. The highest BCUT2D eigenvalue weighted by Crippen LogP contribution is 2.54. The minimum Gasteiger partial charge on any atom is -0.507 e. The molecule has 2 N–H and O–H groups in total. The van der Waals surface area contributed by atoms with Gasteiger partial charge >= 0.3 is 6.18 Å². The van der Waals surface area contributed by atoms with E-state index in [1.165, 1.54) is 12.1 Å². The second-order valence-electron chi connectivity index (χ2n) is 10.7. The molecule has 0 spiro atoms. The van der Waals surface area contributed by atoms with E-state index >= 15 is 0 Å². The minimum absolute atomic E-state index is 0.0830. The monoisotopic (exact) mass is 516 g/mol. The van der Waals surface area contributed by atoms with Gasteiger partial charge in [0.25, 0.3) is 5.91 Å². The number of likely N-dealkylation sites (tertiary alicyclic amines) is 1. The number of amides is 2. The molecule has 2 aliphatic carbocycles. The number of halogens is 3. The number of nitrogens with zero attached hydrogens (tertiary/aromatic N) is 1. The van der Waals surface area contributed by atoms with Crippen LogP contribution in [0.4, 0.5) is 13.2 Å². The first-order valence-corrected chi connectivity index (χ1v) is 12.8. The number of hydrogen-bond donors (Lipinski definition) is 2. The molecule has 0 unspecified atom stereocenters. The van der Waals surface area contributed by atoms with Gasteiger partial charge < -0.3 is 20.1 Å². The SMILES string of the molecule is O=C(c1cc(OCc2ccccc2)ccc1O)N1C[C@@H]2CCC[C@]2(CNC(=O)C2(C(F)(F)F)CCC2)C1. The van der Waals surface area contributed by atoms with Crippen molar-refractivity contribution in [3.63, 3.8) is 0 Å². The Balaban J connectivity index is 1.26. The highest BCUT2D eigenvalue weighted by atomic mass is 19.4. The van der Waals surface area contributed by atoms with Gasteiger partial charge in [0.05, 0.1) is 5.56 Å². The Morgan fingerprint density at radius 1 is 1.08 bits per heavy atom. The summed E-state index contributed by atoms with van der Waals surface area (Å²) in [5.41, 5.74) is -1.65. The van der Waals surface area contributed by atoms with E-state index in [2.05, 4.69) is 5.32 Å². The normalized spacial score (nSPS) is 24.3. The first kappa shape index (κ1) is 25.4. The van der Waals surface area contributed by atoms with E-state index in [1.807, 2.05) is 30.3 Å². The first-order chi connectivity index (χ1) is 17.6. The van der Waals surface area contributed by atoms with Gasteiger partial charge in [-0.1, -0.05) is 43.2 Å². The molecule has 3 fully saturated rings. The predicted molar refractivity (Wildman–Crippen MR) is 130 cm³/mol. The molecular formula is C28H31F3N2O4. The number of benzene rings is 2. The average Bonchev–Trinajstić information content (AvgIpc) is 3.38. The summed E-state index contributed by atoms with van der Waals surface area (Å²) in [5.74, 6) is -0.928. The van der Waals surface area contributed by atoms with Gasteiger partial charge in [0, 0.05) is 25.0 Å². The maximum absolute atomic E-state index is 13.6. The molecule has 2 aromatic carbocycles. The molecule has 3 aliphatic rings. The molecular weight excluding hydrogens is 485 g/mol. The van der Waals surface area contributed by atoms with Crippen LogP contribution >= 0.6 is 0 Å². The van der Waals surface area contributed by atoms with Crippen molar-refractivity contribution in [1.29, 1.82) is 0 Å². The number of phenolic OH excluding ortho intramolecular Hbond substituents is 1. The predicted octanol–water partition coefficient (Wildman–Crippen LogP) is 5.06. The number of rotatable bonds is 7.